The molecule has 10 rings (SSSR count). The summed E-state index contributed by atoms with van der Waals surface area (Å²) in [6, 6.07) is 64.3. The number of fused-ring (bicyclic) bond motifs is 7. The molecule has 0 unspecified atom stereocenters. The van der Waals surface area contributed by atoms with Gasteiger partial charge in [-0.2, -0.15) is 0 Å². The van der Waals surface area contributed by atoms with Gasteiger partial charge in [-0.05, 0) is 69.4 Å². The van der Waals surface area contributed by atoms with E-state index in [0.717, 1.165) is 11.4 Å². The highest BCUT2D eigenvalue weighted by Crippen LogP contribution is 2.48. The number of thiophene rings is 2. The van der Waals surface area contributed by atoms with Gasteiger partial charge in [-0.3, -0.25) is 0 Å². The first-order valence-electron chi connectivity index (χ1n) is 16.6. The topological polar surface area (TPSA) is 3.24 Å². The minimum Gasteiger partial charge on any atom is -0.309 e. The van der Waals surface area contributed by atoms with Gasteiger partial charge in [0.1, 0.15) is 0 Å². The molecule has 0 bridgehead atoms. The van der Waals surface area contributed by atoms with Crippen LogP contribution >= 0.6 is 22.7 Å². The monoisotopic (exact) mass is 659 g/mol. The molecule has 3 heteroatoms. The molecule has 49 heavy (non-hydrogen) atoms. The third-order valence-corrected chi connectivity index (χ3v) is 12.2. The molecule has 0 saturated heterocycles. The van der Waals surface area contributed by atoms with Crippen LogP contribution in [0, 0.1) is 0 Å². The van der Waals surface area contributed by atoms with Crippen LogP contribution in [0.25, 0.3) is 73.4 Å². The van der Waals surface area contributed by atoms with E-state index in [9.17, 15) is 0 Å². The maximum absolute atomic E-state index is 2.44. The average Bonchev–Trinajstić information content (AvgIpc) is 3.75. The van der Waals surface area contributed by atoms with Gasteiger partial charge in [-0.15, -0.1) is 22.7 Å². The first-order valence-corrected chi connectivity index (χ1v) is 18.2. The molecule has 0 saturated carbocycles. The van der Waals surface area contributed by atoms with Crippen molar-refractivity contribution in [1.29, 1.82) is 0 Å². The predicted octanol–water partition coefficient (Wildman–Crippen LogP) is 14.4. The lowest BCUT2D eigenvalue weighted by Gasteiger charge is -2.26. The molecular weight excluding hydrogens is 631 g/mol. The molecule has 0 radical (unpaired) electrons. The molecular formula is C46H29NS2. The van der Waals surface area contributed by atoms with Gasteiger partial charge < -0.3 is 4.90 Å². The number of rotatable bonds is 5. The van der Waals surface area contributed by atoms with Gasteiger partial charge in [0, 0.05) is 47.0 Å². The van der Waals surface area contributed by atoms with Crippen LogP contribution in [0.5, 0.6) is 0 Å². The Kier molecular flexibility index (Phi) is 6.61. The Bertz CT molecular complexity index is 2830. The Hall–Kier alpha value is -5.74. The predicted molar refractivity (Wildman–Crippen MR) is 215 cm³/mol. The minimum atomic E-state index is 1.13. The van der Waals surface area contributed by atoms with E-state index >= 15 is 0 Å². The molecule has 0 aliphatic rings. The zero-order valence-electron chi connectivity index (χ0n) is 26.5. The van der Waals surface area contributed by atoms with Gasteiger partial charge in [0.2, 0.25) is 0 Å². The average molecular weight is 660 g/mol. The van der Waals surface area contributed by atoms with Crippen LogP contribution in [-0.4, -0.2) is 0 Å². The summed E-state index contributed by atoms with van der Waals surface area (Å²) in [4.78, 5) is 2.44. The second-order valence-corrected chi connectivity index (χ2v) is 14.6. The van der Waals surface area contributed by atoms with E-state index in [-0.39, 0.29) is 0 Å². The molecule has 0 fully saturated rings. The van der Waals surface area contributed by atoms with E-state index < -0.39 is 0 Å². The van der Waals surface area contributed by atoms with E-state index in [1.807, 2.05) is 22.7 Å². The molecule has 0 atom stereocenters. The van der Waals surface area contributed by atoms with E-state index in [2.05, 4.69) is 181 Å². The molecule has 2 aromatic heterocycles. The molecule has 0 aliphatic heterocycles. The van der Waals surface area contributed by atoms with E-state index in [1.54, 1.807) is 0 Å². The Morgan fingerprint density at radius 3 is 1.71 bits per heavy atom. The maximum Gasteiger partial charge on any atom is 0.0640 e. The smallest absolute Gasteiger partial charge is 0.0640 e. The van der Waals surface area contributed by atoms with Crippen molar-refractivity contribution in [2.24, 2.45) is 0 Å². The molecule has 10 aromatic rings. The molecule has 8 aromatic carbocycles. The highest BCUT2D eigenvalue weighted by atomic mass is 32.1. The highest BCUT2D eigenvalue weighted by Gasteiger charge is 2.20. The maximum atomic E-state index is 2.44. The summed E-state index contributed by atoms with van der Waals surface area (Å²) in [5, 5.41) is 7.71. The molecule has 0 amide bonds. The molecule has 2 heterocycles. The largest absolute Gasteiger partial charge is 0.309 e. The Labute approximate surface area is 292 Å². The summed E-state index contributed by atoms with van der Waals surface area (Å²) < 4.78 is 5.28. The van der Waals surface area contributed by atoms with Crippen molar-refractivity contribution in [2.75, 3.05) is 4.90 Å². The van der Waals surface area contributed by atoms with Gasteiger partial charge in [0.15, 0.2) is 0 Å². The zero-order chi connectivity index (χ0) is 32.3. The summed E-state index contributed by atoms with van der Waals surface area (Å²) in [6.07, 6.45) is 0. The summed E-state index contributed by atoms with van der Waals surface area (Å²) in [6.45, 7) is 0. The summed E-state index contributed by atoms with van der Waals surface area (Å²) >= 11 is 3.78. The van der Waals surface area contributed by atoms with Crippen molar-refractivity contribution in [3.8, 4) is 22.3 Å². The van der Waals surface area contributed by atoms with Crippen LogP contribution in [0.2, 0.25) is 0 Å². The van der Waals surface area contributed by atoms with Crippen molar-refractivity contribution in [3.05, 3.63) is 176 Å². The fourth-order valence-corrected chi connectivity index (χ4v) is 9.91. The minimum absolute atomic E-state index is 1.13. The Morgan fingerprint density at radius 1 is 0.347 bits per heavy atom. The van der Waals surface area contributed by atoms with Crippen LogP contribution in [0.1, 0.15) is 0 Å². The summed E-state index contributed by atoms with van der Waals surface area (Å²) in [7, 11) is 0. The summed E-state index contributed by atoms with van der Waals surface area (Å²) in [5.74, 6) is 0. The van der Waals surface area contributed by atoms with Crippen molar-refractivity contribution < 1.29 is 0 Å². The van der Waals surface area contributed by atoms with Crippen molar-refractivity contribution in [1.82, 2.24) is 0 Å². The fourth-order valence-electron chi connectivity index (χ4n) is 7.33. The number of anilines is 3. The normalized spacial score (nSPS) is 11.7. The van der Waals surface area contributed by atoms with Crippen LogP contribution in [0.3, 0.4) is 0 Å². The van der Waals surface area contributed by atoms with Crippen molar-refractivity contribution >= 4 is 90.9 Å². The van der Waals surface area contributed by atoms with E-state index in [4.69, 9.17) is 0 Å². The zero-order valence-corrected chi connectivity index (χ0v) is 28.1. The highest BCUT2D eigenvalue weighted by molar-refractivity contribution is 7.27. The molecule has 0 spiro atoms. The Morgan fingerprint density at radius 2 is 0.918 bits per heavy atom. The van der Waals surface area contributed by atoms with Gasteiger partial charge in [0.05, 0.1) is 10.4 Å². The van der Waals surface area contributed by atoms with Gasteiger partial charge in [0.25, 0.3) is 0 Å². The van der Waals surface area contributed by atoms with Crippen LogP contribution in [-0.2, 0) is 0 Å². The third kappa shape index (κ3) is 4.66. The quantitative estimate of drug-likeness (QED) is 0.178. The summed E-state index contributed by atoms with van der Waals surface area (Å²) in [5.41, 5.74) is 8.50. The van der Waals surface area contributed by atoms with Crippen LogP contribution in [0.15, 0.2) is 176 Å². The second-order valence-electron chi connectivity index (χ2n) is 12.5. The van der Waals surface area contributed by atoms with Gasteiger partial charge in [-0.25, -0.2) is 0 Å². The van der Waals surface area contributed by atoms with Crippen molar-refractivity contribution in [3.63, 3.8) is 0 Å². The molecule has 230 valence electrons. The molecule has 0 N–H and O–H groups in total. The number of hydrogen-bond donors (Lipinski definition) is 0. The SMILES string of the molecule is c1ccc(-c2cccc3c2sc2c(N(c4ccc(-c5cccc6c5sc5ccccc56)cc4)c4ccc5ccccc5c4)cccc23)cc1. The lowest BCUT2D eigenvalue weighted by Crippen LogP contribution is -2.10. The van der Waals surface area contributed by atoms with Gasteiger partial charge >= 0.3 is 0 Å². The lowest BCUT2D eigenvalue weighted by molar-refractivity contribution is 1.31. The number of hydrogen-bond acceptors (Lipinski definition) is 3. The molecule has 0 aliphatic carbocycles. The van der Waals surface area contributed by atoms with Gasteiger partial charge in [-0.1, -0.05) is 140 Å². The Balaban J connectivity index is 1.17. The fraction of sp³-hybridized carbons (Fsp3) is 0. The molecule has 1 nitrogen and oxygen atoms in total. The first-order chi connectivity index (χ1) is 24.3. The van der Waals surface area contributed by atoms with E-state index in [0.29, 0.717) is 0 Å². The number of benzene rings is 8. The standard InChI is InChI=1S/C46H29NS2/c1-2-12-31(13-3-1)36-16-9-19-40-41-20-10-21-42(46(41)49-45(36)40)47(35-28-23-30-11-4-5-14-33(30)29-35)34-26-24-32(25-27-34)37-17-8-18-39-38-15-6-7-22-43(38)48-44(37)39/h1-29H. The second kappa shape index (κ2) is 11.5. The van der Waals surface area contributed by atoms with Crippen LogP contribution in [0.4, 0.5) is 17.1 Å². The lowest BCUT2D eigenvalue weighted by atomic mass is 10.0. The number of nitrogens with zero attached hydrogens (tertiary/aromatic N) is 1. The first kappa shape index (κ1) is 28.3. The van der Waals surface area contributed by atoms with Crippen molar-refractivity contribution in [2.45, 2.75) is 0 Å². The third-order valence-electron chi connectivity index (χ3n) is 9.66. The van der Waals surface area contributed by atoms with Crippen LogP contribution < -0.4 is 4.90 Å². The van der Waals surface area contributed by atoms with E-state index in [1.165, 1.54) is 79.1 Å².